The van der Waals surface area contributed by atoms with Gasteiger partial charge in [-0.2, -0.15) is 0 Å². The van der Waals surface area contributed by atoms with Crippen LogP contribution < -0.4 is 16.5 Å². The largest absolute Gasteiger partial charge is 0.610 e. The number of phenols is 2. The minimum Gasteiger partial charge on any atom is -0.610 e. The number of hydrogen-bond acceptors (Lipinski definition) is 10. The molecule has 0 saturated carbocycles. The van der Waals surface area contributed by atoms with E-state index >= 15 is 0 Å². The maximum absolute atomic E-state index is 12.1. The molecule has 3 atom stereocenters. The van der Waals surface area contributed by atoms with Crippen LogP contribution in [0.2, 0.25) is 0 Å². The van der Waals surface area contributed by atoms with Gasteiger partial charge in [-0.3, -0.25) is 15.3 Å². The van der Waals surface area contributed by atoms with Gasteiger partial charge in [0.05, 0.1) is 0 Å². The number of aromatic hydroxyl groups is 2. The van der Waals surface area contributed by atoms with Gasteiger partial charge in [0.2, 0.25) is 5.72 Å². The molecular weight excluding hydrogens is 357 g/mol. The number of benzene rings is 1. The number of nitrogens with two attached hydrogens (primary N) is 2. The van der Waals surface area contributed by atoms with Crippen molar-refractivity contribution in [1.82, 2.24) is 10.2 Å². The zero-order chi connectivity index (χ0) is 18.9. The summed E-state index contributed by atoms with van der Waals surface area (Å²) in [4.78, 5) is 38.6. The SMILES string of the molecule is NN([C@@H](Cc1ccc(O)c(O)c1)C(=O)O)N1N=[P+]([O-])C[C@@](N)(O)C1=O. The van der Waals surface area contributed by atoms with E-state index in [1.54, 1.807) is 0 Å². The van der Waals surface area contributed by atoms with Crippen molar-refractivity contribution < 1.29 is 34.9 Å². The molecule has 1 heterocycles. The second-order valence-corrected chi connectivity index (χ2v) is 6.58. The van der Waals surface area contributed by atoms with Crippen LogP contribution in [-0.2, 0) is 16.0 Å². The molecule has 1 amide bonds. The van der Waals surface area contributed by atoms with Gasteiger partial charge in [0.25, 0.3) is 0 Å². The van der Waals surface area contributed by atoms with Crippen LogP contribution in [0.5, 0.6) is 11.5 Å². The Morgan fingerprint density at radius 1 is 1.48 bits per heavy atom. The first-order valence-electron chi connectivity index (χ1n) is 6.82. The number of hydrogen-bond donors (Lipinski definition) is 6. The lowest BCUT2D eigenvalue weighted by atomic mass is 10.1. The Morgan fingerprint density at radius 2 is 2.12 bits per heavy atom. The fourth-order valence-corrected chi connectivity index (χ4v) is 3.08. The van der Waals surface area contributed by atoms with Gasteiger partial charge in [0.15, 0.2) is 25.6 Å². The lowest BCUT2D eigenvalue weighted by molar-refractivity contribution is -0.191. The van der Waals surface area contributed by atoms with E-state index in [-0.39, 0.29) is 17.1 Å². The van der Waals surface area contributed by atoms with Crippen LogP contribution in [0.15, 0.2) is 23.1 Å². The monoisotopic (exact) mass is 373 g/mol. The first kappa shape index (κ1) is 19.0. The normalized spacial score (nSPS) is 23.5. The minimum absolute atomic E-state index is 0.265. The fraction of sp³-hybridized carbons (Fsp3) is 0.333. The van der Waals surface area contributed by atoms with E-state index in [0.717, 1.165) is 12.1 Å². The van der Waals surface area contributed by atoms with E-state index < -0.39 is 49.2 Å². The van der Waals surface area contributed by atoms with Crippen molar-refractivity contribution in [1.29, 1.82) is 0 Å². The average molecular weight is 373 g/mol. The zero-order valence-electron chi connectivity index (χ0n) is 12.7. The van der Waals surface area contributed by atoms with Crippen LogP contribution in [-0.4, -0.2) is 60.5 Å². The molecule has 1 aromatic rings. The number of phenolic OH excluding ortho intramolecular Hbond substituents is 2. The molecular formula is C12H16N5O7P. The van der Waals surface area contributed by atoms with Crippen molar-refractivity contribution >= 4 is 19.8 Å². The number of carbonyl (C=O) groups is 2. The van der Waals surface area contributed by atoms with E-state index in [1.807, 2.05) is 0 Å². The Bertz CT molecular complexity index is 741. The van der Waals surface area contributed by atoms with E-state index in [9.17, 15) is 34.9 Å². The predicted octanol–water partition coefficient (Wildman–Crippen LogP) is -2.47. The third-order valence-corrected chi connectivity index (χ3v) is 4.53. The molecule has 2 rings (SSSR count). The molecule has 12 nitrogen and oxygen atoms in total. The number of carboxylic acid groups (broad SMARTS) is 1. The molecule has 0 radical (unpaired) electrons. The van der Waals surface area contributed by atoms with Crippen LogP contribution in [0.1, 0.15) is 5.56 Å². The molecule has 0 saturated heterocycles. The molecule has 136 valence electrons. The van der Waals surface area contributed by atoms with Crippen LogP contribution in [0.25, 0.3) is 0 Å². The number of hydrazine groups is 2. The van der Waals surface area contributed by atoms with Gasteiger partial charge < -0.3 is 25.3 Å². The maximum Gasteiger partial charge on any atom is 0.324 e. The Kier molecular flexibility index (Phi) is 5.23. The van der Waals surface area contributed by atoms with Crippen molar-refractivity contribution in [2.45, 2.75) is 18.2 Å². The lowest BCUT2D eigenvalue weighted by Gasteiger charge is -2.34. The van der Waals surface area contributed by atoms with Crippen LogP contribution >= 0.6 is 7.94 Å². The van der Waals surface area contributed by atoms with Crippen molar-refractivity contribution in [3.8, 4) is 11.5 Å². The topological polar surface area (TPSA) is 209 Å². The Morgan fingerprint density at radius 3 is 2.68 bits per heavy atom. The summed E-state index contributed by atoms with van der Waals surface area (Å²) in [6, 6.07) is 2.03. The number of aliphatic hydroxyl groups is 1. The molecule has 0 aromatic heterocycles. The molecule has 8 N–H and O–H groups in total. The van der Waals surface area contributed by atoms with Gasteiger partial charge in [-0.25, -0.2) is 5.84 Å². The molecule has 1 aromatic carbocycles. The van der Waals surface area contributed by atoms with Gasteiger partial charge in [-0.1, -0.05) is 6.07 Å². The van der Waals surface area contributed by atoms with Crippen molar-refractivity contribution in [2.24, 2.45) is 16.4 Å². The van der Waals surface area contributed by atoms with E-state index in [0.29, 0.717) is 5.12 Å². The first-order chi connectivity index (χ1) is 11.5. The summed E-state index contributed by atoms with van der Waals surface area (Å²) in [7, 11) is -2.47. The molecule has 0 fully saturated rings. The van der Waals surface area contributed by atoms with Crippen LogP contribution in [0, 0.1) is 0 Å². The number of amides is 1. The summed E-state index contributed by atoms with van der Waals surface area (Å²) in [6.45, 7) is 0. The second-order valence-electron chi connectivity index (χ2n) is 5.38. The number of rotatable bonds is 5. The molecule has 13 heteroatoms. The minimum atomic E-state index is -2.49. The highest BCUT2D eigenvalue weighted by atomic mass is 31.1. The number of nitrogens with zero attached hydrogens (tertiary/aromatic N) is 3. The van der Waals surface area contributed by atoms with Gasteiger partial charge in [0, 0.05) is 11.3 Å². The molecule has 0 aliphatic carbocycles. The third-order valence-electron chi connectivity index (χ3n) is 3.40. The lowest BCUT2D eigenvalue weighted by Crippen LogP contribution is -2.66. The molecule has 1 aliphatic heterocycles. The van der Waals surface area contributed by atoms with Crippen LogP contribution in [0.3, 0.4) is 0 Å². The second kappa shape index (κ2) is 6.88. The summed E-state index contributed by atoms with van der Waals surface area (Å²) in [5.41, 5.74) is 3.12. The molecule has 25 heavy (non-hydrogen) atoms. The predicted molar refractivity (Wildman–Crippen MR) is 81.1 cm³/mol. The van der Waals surface area contributed by atoms with Gasteiger partial charge in [-0.05, 0) is 17.7 Å². The summed E-state index contributed by atoms with van der Waals surface area (Å²) in [5.74, 6) is 2.08. The average Bonchev–Trinajstić information content (AvgIpc) is 2.50. The molecule has 1 unspecified atom stereocenters. The molecule has 0 spiro atoms. The van der Waals surface area contributed by atoms with Crippen molar-refractivity contribution in [2.75, 3.05) is 6.16 Å². The summed E-state index contributed by atoms with van der Waals surface area (Å²) >= 11 is 0. The highest BCUT2D eigenvalue weighted by Crippen LogP contribution is 2.30. The summed E-state index contributed by atoms with van der Waals surface area (Å²) < 4.78 is 0. The Labute approximate surface area is 142 Å². The Hall–Kier alpha value is -2.34. The number of carboxylic acids is 1. The van der Waals surface area contributed by atoms with Crippen LogP contribution in [0.4, 0.5) is 0 Å². The number of carbonyl (C=O) groups excluding carboxylic acids is 1. The highest BCUT2D eigenvalue weighted by molar-refractivity contribution is 7.39. The van der Waals surface area contributed by atoms with Gasteiger partial charge >= 0.3 is 11.9 Å². The van der Waals surface area contributed by atoms with E-state index in [2.05, 4.69) is 4.85 Å². The van der Waals surface area contributed by atoms with Crippen molar-refractivity contribution in [3.63, 3.8) is 0 Å². The van der Waals surface area contributed by atoms with E-state index in [1.165, 1.54) is 6.07 Å². The fourth-order valence-electron chi connectivity index (χ4n) is 2.11. The summed E-state index contributed by atoms with van der Waals surface area (Å²) in [6.07, 6.45) is -0.923. The summed E-state index contributed by atoms with van der Waals surface area (Å²) in [5, 5.41) is 38.5. The standard InChI is InChI=1S/C12H16N5O7P/c13-12(23)5-25(24)15-17(11(12)22)16(14)7(10(20)21)3-6-1-2-8(18)9(19)4-6/h1-2,4,7,18-19,23H,3,5,13-14H2,(H,20,21)/t7-,12+/m0/s1. The quantitative estimate of drug-likeness (QED) is 0.105. The smallest absolute Gasteiger partial charge is 0.324 e. The highest BCUT2D eigenvalue weighted by Gasteiger charge is 2.48. The molecule has 0 bridgehead atoms. The van der Waals surface area contributed by atoms with Gasteiger partial charge in [-0.15, -0.1) is 10.2 Å². The maximum atomic E-state index is 12.1. The zero-order valence-corrected chi connectivity index (χ0v) is 13.6. The number of aliphatic carboxylic acids is 1. The molecule has 1 aliphatic rings. The third kappa shape index (κ3) is 4.02. The van der Waals surface area contributed by atoms with E-state index in [4.69, 9.17) is 11.6 Å². The Balaban J connectivity index is 2.30. The first-order valence-corrected chi connectivity index (χ1v) is 8.22. The van der Waals surface area contributed by atoms with Crippen molar-refractivity contribution in [3.05, 3.63) is 23.8 Å². The van der Waals surface area contributed by atoms with Gasteiger partial charge in [0.1, 0.15) is 6.04 Å².